The highest BCUT2D eigenvalue weighted by atomic mass is 32.2. The van der Waals surface area contributed by atoms with E-state index < -0.39 is 20.5 Å². The van der Waals surface area contributed by atoms with E-state index in [4.69, 9.17) is 22.7 Å². The molecule has 0 heterocycles. The number of hydrogen-bond acceptors (Lipinski definition) is 4. The van der Waals surface area contributed by atoms with E-state index in [1.807, 2.05) is 37.3 Å². The van der Waals surface area contributed by atoms with Gasteiger partial charge in [-0.05, 0) is 24.6 Å². The van der Waals surface area contributed by atoms with Crippen molar-refractivity contribution in [3.8, 4) is 0 Å². The predicted octanol–water partition coefficient (Wildman–Crippen LogP) is 2.94. The van der Waals surface area contributed by atoms with Gasteiger partial charge in [0.05, 0.1) is 27.2 Å². The van der Waals surface area contributed by atoms with E-state index in [9.17, 15) is 8.42 Å². The molecule has 0 unspecified atom stereocenters. The number of thiocarbonyl (C=S) groups is 1. The van der Waals surface area contributed by atoms with E-state index in [1.54, 1.807) is 30.3 Å². The summed E-state index contributed by atoms with van der Waals surface area (Å²) in [6.45, 7) is 2.55. The Kier molecular flexibility index (Phi) is 4.95. The van der Waals surface area contributed by atoms with Gasteiger partial charge in [-0.25, -0.2) is 8.42 Å². The van der Waals surface area contributed by atoms with E-state index >= 15 is 0 Å². The van der Waals surface area contributed by atoms with Crippen molar-refractivity contribution in [2.45, 2.75) is 23.0 Å². The van der Waals surface area contributed by atoms with Crippen LogP contribution in [0.5, 0.6) is 0 Å². The number of rotatable bonds is 7. The molecule has 1 aliphatic rings. The molecule has 3 rings (SSSR count). The van der Waals surface area contributed by atoms with Crippen LogP contribution in [-0.4, -0.2) is 31.9 Å². The summed E-state index contributed by atoms with van der Waals surface area (Å²) in [6.07, 6.45) is 0. The quantitative estimate of drug-likeness (QED) is 0.754. The number of sulfone groups is 1. The largest absolute Gasteiger partial charge is 0.393 e. The van der Waals surface area contributed by atoms with Gasteiger partial charge < -0.3 is 10.5 Å². The molecule has 1 fully saturated rings. The van der Waals surface area contributed by atoms with Gasteiger partial charge in [0.2, 0.25) is 0 Å². The minimum absolute atomic E-state index is 0.194. The van der Waals surface area contributed by atoms with Crippen LogP contribution in [0.2, 0.25) is 0 Å². The minimum Gasteiger partial charge on any atom is -0.393 e. The number of nitrogens with two attached hydrogens (primary N) is 1. The molecule has 6 heteroatoms. The average Bonchev–Trinajstić information content (AvgIpc) is 3.33. The fraction of sp³-hybridized carbons (Fsp3) is 0.316. The molecule has 0 amide bonds. The Labute approximate surface area is 153 Å². The van der Waals surface area contributed by atoms with Gasteiger partial charge in [-0.3, -0.25) is 0 Å². The maximum Gasteiger partial charge on any atom is 0.182 e. The molecule has 0 saturated heterocycles. The van der Waals surface area contributed by atoms with Gasteiger partial charge in [0.1, 0.15) is 0 Å². The van der Waals surface area contributed by atoms with Crippen LogP contribution >= 0.6 is 12.2 Å². The lowest BCUT2D eigenvalue weighted by Crippen LogP contribution is -2.33. The first-order valence-electron chi connectivity index (χ1n) is 8.17. The van der Waals surface area contributed by atoms with E-state index in [1.165, 1.54) is 0 Å². The van der Waals surface area contributed by atoms with E-state index in [2.05, 4.69) is 0 Å². The summed E-state index contributed by atoms with van der Waals surface area (Å²) in [5.74, 6) is -0.303. The topological polar surface area (TPSA) is 69.4 Å². The molecule has 2 aromatic rings. The molecule has 4 nitrogen and oxygen atoms in total. The van der Waals surface area contributed by atoms with Gasteiger partial charge in [0, 0.05) is 12.5 Å². The zero-order valence-corrected chi connectivity index (χ0v) is 15.6. The van der Waals surface area contributed by atoms with E-state index in [-0.39, 0.29) is 22.4 Å². The highest BCUT2D eigenvalue weighted by Crippen LogP contribution is 2.64. The van der Waals surface area contributed by atoms with Crippen LogP contribution in [0.15, 0.2) is 65.6 Å². The summed E-state index contributed by atoms with van der Waals surface area (Å²) >= 11 is 5.31. The van der Waals surface area contributed by atoms with Crippen LogP contribution in [-0.2, 0) is 14.6 Å². The predicted molar refractivity (Wildman–Crippen MR) is 102 cm³/mol. The summed E-state index contributed by atoms with van der Waals surface area (Å²) in [5, 5.41) is -0.714. The van der Waals surface area contributed by atoms with Gasteiger partial charge in [0.25, 0.3) is 0 Å². The van der Waals surface area contributed by atoms with Crippen LogP contribution < -0.4 is 5.73 Å². The Hall–Kier alpha value is -1.76. The molecule has 1 aliphatic carbocycles. The Morgan fingerprint density at radius 1 is 1.12 bits per heavy atom. The summed E-state index contributed by atoms with van der Waals surface area (Å²) in [7, 11) is -3.59. The number of hydrogen-bond donors (Lipinski definition) is 1. The summed E-state index contributed by atoms with van der Waals surface area (Å²) in [4.78, 5) is 0.481. The molecule has 2 N–H and O–H groups in total. The lowest BCUT2D eigenvalue weighted by molar-refractivity contribution is 0.121. The first kappa shape index (κ1) is 18.0. The molecule has 0 spiro atoms. The smallest absolute Gasteiger partial charge is 0.182 e. The molecule has 132 valence electrons. The van der Waals surface area contributed by atoms with Crippen LogP contribution in [0.4, 0.5) is 0 Å². The fourth-order valence-corrected chi connectivity index (χ4v) is 6.35. The first-order valence-corrected chi connectivity index (χ1v) is 10.1. The first-order chi connectivity index (χ1) is 12.0. The van der Waals surface area contributed by atoms with Gasteiger partial charge in [0.15, 0.2) is 9.84 Å². The van der Waals surface area contributed by atoms with Crippen molar-refractivity contribution in [1.29, 1.82) is 0 Å². The van der Waals surface area contributed by atoms with Crippen LogP contribution in [0.3, 0.4) is 0 Å². The van der Waals surface area contributed by atoms with E-state index in [0.29, 0.717) is 6.61 Å². The second-order valence-corrected chi connectivity index (χ2v) is 8.72. The van der Waals surface area contributed by atoms with Gasteiger partial charge in [-0.2, -0.15) is 0 Å². The van der Waals surface area contributed by atoms with Crippen molar-refractivity contribution in [2.24, 2.45) is 11.1 Å². The molecule has 0 aromatic heterocycles. The second-order valence-electron chi connectivity index (χ2n) is 6.21. The normalized spacial score (nSPS) is 25.5. The highest BCUT2D eigenvalue weighted by molar-refractivity contribution is 7.92. The SMILES string of the molecule is CCOC[C@]1(C(N)=S)[C@@H](c2ccccc2)[C@@H]1S(=O)(=O)c1ccccc1. The molecule has 0 aliphatic heterocycles. The maximum absolute atomic E-state index is 13.3. The average molecular weight is 376 g/mol. The van der Waals surface area contributed by atoms with E-state index in [0.717, 1.165) is 5.56 Å². The van der Waals surface area contributed by atoms with Crippen molar-refractivity contribution in [3.63, 3.8) is 0 Å². The Morgan fingerprint density at radius 3 is 2.20 bits per heavy atom. The summed E-state index contributed by atoms with van der Waals surface area (Å²) in [5.41, 5.74) is 6.10. The Morgan fingerprint density at radius 2 is 1.68 bits per heavy atom. The molecule has 0 bridgehead atoms. The van der Waals surface area contributed by atoms with Crippen molar-refractivity contribution >= 4 is 27.0 Å². The molecule has 1 saturated carbocycles. The molecular weight excluding hydrogens is 354 g/mol. The van der Waals surface area contributed by atoms with Gasteiger partial charge in [-0.1, -0.05) is 60.7 Å². The molecule has 0 radical (unpaired) electrons. The van der Waals surface area contributed by atoms with Gasteiger partial charge >= 0.3 is 0 Å². The van der Waals surface area contributed by atoms with Crippen molar-refractivity contribution in [3.05, 3.63) is 66.2 Å². The van der Waals surface area contributed by atoms with Crippen molar-refractivity contribution in [2.75, 3.05) is 13.2 Å². The molecule has 2 aromatic carbocycles. The third kappa shape index (κ3) is 2.99. The molecule has 25 heavy (non-hydrogen) atoms. The number of benzene rings is 2. The van der Waals surface area contributed by atoms with Crippen LogP contribution in [0, 0.1) is 5.41 Å². The summed E-state index contributed by atoms with van der Waals surface area (Å²) in [6, 6.07) is 18.0. The second kappa shape index (κ2) is 6.86. The van der Waals surface area contributed by atoms with Crippen molar-refractivity contribution < 1.29 is 13.2 Å². The monoisotopic (exact) mass is 375 g/mol. The summed E-state index contributed by atoms with van der Waals surface area (Å²) < 4.78 is 32.2. The van der Waals surface area contributed by atoms with Crippen molar-refractivity contribution in [1.82, 2.24) is 0 Å². The zero-order chi connectivity index (χ0) is 18.1. The number of ether oxygens (including phenoxy) is 1. The maximum atomic E-state index is 13.3. The fourth-order valence-electron chi connectivity index (χ4n) is 3.56. The standard InChI is InChI=1S/C19H21NO3S2/c1-2-23-13-19(18(20)24)16(14-9-5-3-6-10-14)17(19)25(21,22)15-11-7-4-8-12-15/h3-12,16-17H,2,13H2,1H3,(H2,20,24)/t16-,17-,19-/m0/s1. The lowest BCUT2D eigenvalue weighted by atomic mass is 10.00. The Bertz CT molecular complexity index is 853. The van der Waals surface area contributed by atoms with Crippen LogP contribution in [0.25, 0.3) is 0 Å². The van der Waals surface area contributed by atoms with Gasteiger partial charge in [-0.15, -0.1) is 0 Å². The molecule has 3 atom stereocenters. The zero-order valence-electron chi connectivity index (χ0n) is 14.0. The van der Waals surface area contributed by atoms with Crippen LogP contribution in [0.1, 0.15) is 18.4 Å². The minimum atomic E-state index is -3.59. The third-order valence-corrected chi connectivity index (χ3v) is 7.50. The third-order valence-electron chi connectivity index (χ3n) is 4.82. The lowest BCUT2D eigenvalue weighted by Gasteiger charge is -2.17. The highest BCUT2D eigenvalue weighted by Gasteiger charge is 2.73. The molecular formula is C19H21NO3S2. The Balaban J connectivity index is 2.10.